The van der Waals surface area contributed by atoms with Crippen LogP contribution in [0.1, 0.15) is 18.5 Å². The van der Waals surface area contributed by atoms with Crippen molar-refractivity contribution in [3.8, 4) is 11.5 Å². The van der Waals surface area contributed by atoms with Crippen LogP contribution in [0.15, 0.2) is 42.7 Å². The smallest absolute Gasteiger partial charge is 0.119 e. The lowest BCUT2D eigenvalue weighted by atomic mass is 10.1. The second-order valence-corrected chi connectivity index (χ2v) is 3.72. The first-order valence-electron chi connectivity index (χ1n) is 5.07. The predicted molar refractivity (Wildman–Crippen MR) is 62.0 cm³/mol. The average Bonchev–Trinajstić information content (AvgIpc) is 2.68. The molecule has 3 N–H and O–H groups in total. The van der Waals surface area contributed by atoms with Gasteiger partial charge in [-0.3, -0.25) is 4.68 Å². The van der Waals surface area contributed by atoms with Crippen molar-refractivity contribution >= 4 is 0 Å². The Hall–Kier alpha value is -2.10. The van der Waals surface area contributed by atoms with Crippen LogP contribution in [0.5, 0.6) is 11.5 Å². The van der Waals surface area contributed by atoms with Crippen LogP contribution < -0.4 is 5.43 Å². The molecule has 1 aromatic carbocycles. The summed E-state index contributed by atoms with van der Waals surface area (Å²) in [7, 11) is 0. The van der Waals surface area contributed by atoms with Crippen LogP contribution >= 0.6 is 0 Å². The van der Waals surface area contributed by atoms with Crippen LogP contribution in [0.25, 0.3) is 0 Å². The van der Waals surface area contributed by atoms with Gasteiger partial charge < -0.3 is 15.6 Å². The number of phenols is 2. The summed E-state index contributed by atoms with van der Waals surface area (Å²) in [6.45, 7) is 1.95. The van der Waals surface area contributed by atoms with Gasteiger partial charge >= 0.3 is 0 Å². The topological polar surface area (TPSA) is 57.4 Å². The lowest BCUT2D eigenvalue weighted by Gasteiger charge is -2.16. The largest absolute Gasteiger partial charge is 0.508 e. The quantitative estimate of drug-likeness (QED) is 0.740. The molecule has 0 saturated heterocycles. The number of nitrogens with zero attached hydrogens (tertiary/aromatic N) is 1. The first kappa shape index (κ1) is 10.4. The molecule has 0 amide bonds. The van der Waals surface area contributed by atoms with Crippen LogP contribution in [0.3, 0.4) is 0 Å². The Bertz CT molecular complexity index is 446. The molecule has 2 aromatic rings. The maximum Gasteiger partial charge on any atom is 0.119 e. The molecule has 4 nitrogen and oxygen atoms in total. The van der Waals surface area contributed by atoms with Crippen molar-refractivity contribution in [1.82, 2.24) is 4.68 Å². The van der Waals surface area contributed by atoms with Gasteiger partial charge in [0, 0.05) is 18.5 Å². The molecule has 0 aliphatic heterocycles. The highest BCUT2D eigenvalue weighted by atomic mass is 16.3. The highest BCUT2D eigenvalue weighted by molar-refractivity contribution is 5.38. The fourth-order valence-corrected chi connectivity index (χ4v) is 1.59. The number of benzene rings is 1. The molecule has 0 fully saturated rings. The van der Waals surface area contributed by atoms with Crippen molar-refractivity contribution in [2.45, 2.75) is 13.0 Å². The van der Waals surface area contributed by atoms with E-state index in [0.717, 1.165) is 5.56 Å². The first-order chi connectivity index (χ1) is 7.65. The van der Waals surface area contributed by atoms with Crippen molar-refractivity contribution in [3.05, 3.63) is 48.3 Å². The number of phenolic OH excluding ortho intramolecular Hbond substituents is 2. The minimum absolute atomic E-state index is 0.00889. The molecule has 16 heavy (non-hydrogen) atoms. The van der Waals surface area contributed by atoms with Gasteiger partial charge in [0.15, 0.2) is 0 Å². The number of nitrogens with one attached hydrogen (secondary N) is 1. The Morgan fingerprint density at radius 1 is 1.06 bits per heavy atom. The summed E-state index contributed by atoms with van der Waals surface area (Å²) in [4.78, 5) is 0. The number of hydrogen-bond donors (Lipinski definition) is 3. The third-order valence-corrected chi connectivity index (χ3v) is 2.37. The standard InChI is InChI=1S/C12H14N2O2/c1-9(13-14-4-2-3-5-14)10-6-11(15)8-12(16)7-10/h2-9,13,15-16H,1H3. The van der Waals surface area contributed by atoms with Gasteiger partial charge in [-0.2, -0.15) is 0 Å². The van der Waals surface area contributed by atoms with Crippen molar-refractivity contribution < 1.29 is 10.2 Å². The van der Waals surface area contributed by atoms with Gasteiger partial charge in [-0.15, -0.1) is 0 Å². The maximum absolute atomic E-state index is 9.37. The monoisotopic (exact) mass is 218 g/mol. The molecule has 0 aliphatic carbocycles. The Morgan fingerprint density at radius 2 is 1.62 bits per heavy atom. The average molecular weight is 218 g/mol. The fraction of sp³-hybridized carbons (Fsp3) is 0.167. The zero-order chi connectivity index (χ0) is 11.5. The summed E-state index contributed by atoms with van der Waals surface area (Å²) < 4.78 is 1.83. The van der Waals surface area contributed by atoms with E-state index in [1.165, 1.54) is 6.07 Å². The fourth-order valence-electron chi connectivity index (χ4n) is 1.59. The Morgan fingerprint density at radius 3 is 2.19 bits per heavy atom. The van der Waals surface area contributed by atoms with Crippen molar-refractivity contribution in [2.75, 3.05) is 5.43 Å². The molecule has 0 radical (unpaired) electrons. The molecular formula is C12H14N2O2. The summed E-state index contributed by atoms with van der Waals surface area (Å²) in [6.07, 6.45) is 3.78. The molecule has 1 atom stereocenters. The number of rotatable bonds is 3. The summed E-state index contributed by atoms with van der Waals surface area (Å²) in [5.74, 6) is 0.132. The number of hydrogen-bond acceptors (Lipinski definition) is 3. The van der Waals surface area contributed by atoms with E-state index in [1.54, 1.807) is 12.1 Å². The summed E-state index contributed by atoms with van der Waals surface area (Å²) in [5.41, 5.74) is 4.01. The van der Waals surface area contributed by atoms with E-state index in [2.05, 4.69) is 5.43 Å². The molecule has 0 spiro atoms. The molecule has 84 valence electrons. The van der Waals surface area contributed by atoms with Gasteiger partial charge in [-0.25, -0.2) is 0 Å². The molecule has 4 heteroatoms. The third-order valence-electron chi connectivity index (χ3n) is 2.37. The van der Waals surface area contributed by atoms with E-state index in [1.807, 2.05) is 36.1 Å². The molecule has 0 bridgehead atoms. The van der Waals surface area contributed by atoms with Gasteiger partial charge in [0.25, 0.3) is 0 Å². The predicted octanol–water partition coefficient (Wildman–Crippen LogP) is 2.20. The molecule has 0 saturated carbocycles. The zero-order valence-corrected chi connectivity index (χ0v) is 8.96. The van der Waals surface area contributed by atoms with Gasteiger partial charge in [0.05, 0.1) is 6.04 Å². The second kappa shape index (κ2) is 4.18. The first-order valence-corrected chi connectivity index (χ1v) is 5.07. The highest BCUT2D eigenvalue weighted by Crippen LogP contribution is 2.25. The Balaban J connectivity index is 2.17. The Kier molecular flexibility index (Phi) is 2.72. The molecule has 1 heterocycles. The third kappa shape index (κ3) is 2.28. The van der Waals surface area contributed by atoms with E-state index in [0.29, 0.717) is 0 Å². The van der Waals surface area contributed by atoms with Crippen LogP contribution in [-0.4, -0.2) is 14.9 Å². The minimum Gasteiger partial charge on any atom is -0.508 e. The van der Waals surface area contributed by atoms with Gasteiger partial charge in [-0.1, -0.05) is 0 Å². The van der Waals surface area contributed by atoms with Crippen molar-refractivity contribution in [3.63, 3.8) is 0 Å². The lowest BCUT2D eigenvalue weighted by molar-refractivity contribution is 0.448. The zero-order valence-electron chi connectivity index (χ0n) is 8.96. The Labute approximate surface area is 93.7 Å². The minimum atomic E-state index is -0.00889. The highest BCUT2D eigenvalue weighted by Gasteiger charge is 2.07. The number of aromatic nitrogens is 1. The SMILES string of the molecule is CC(Nn1cccc1)c1cc(O)cc(O)c1. The van der Waals surface area contributed by atoms with Gasteiger partial charge in [-0.05, 0) is 36.8 Å². The van der Waals surface area contributed by atoms with Crippen LogP contribution in [-0.2, 0) is 0 Å². The second-order valence-electron chi connectivity index (χ2n) is 3.72. The van der Waals surface area contributed by atoms with Crippen LogP contribution in [0, 0.1) is 0 Å². The molecule has 1 unspecified atom stereocenters. The molecular weight excluding hydrogens is 204 g/mol. The number of aromatic hydroxyl groups is 2. The van der Waals surface area contributed by atoms with Crippen molar-refractivity contribution in [1.29, 1.82) is 0 Å². The van der Waals surface area contributed by atoms with E-state index in [4.69, 9.17) is 0 Å². The van der Waals surface area contributed by atoms with Crippen molar-refractivity contribution in [2.24, 2.45) is 0 Å². The van der Waals surface area contributed by atoms with E-state index < -0.39 is 0 Å². The summed E-state index contributed by atoms with van der Waals surface area (Å²) in [6, 6.07) is 8.39. The van der Waals surface area contributed by atoms with Crippen LogP contribution in [0.2, 0.25) is 0 Å². The van der Waals surface area contributed by atoms with E-state index >= 15 is 0 Å². The maximum atomic E-state index is 9.37. The normalized spacial score (nSPS) is 12.3. The van der Waals surface area contributed by atoms with E-state index in [9.17, 15) is 10.2 Å². The van der Waals surface area contributed by atoms with Crippen LogP contribution in [0.4, 0.5) is 0 Å². The molecule has 0 aliphatic rings. The molecule has 1 aromatic heterocycles. The van der Waals surface area contributed by atoms with Gasteiger partial charge in [0.2, 0.25) is 0 Å². The lowest BCUT2D eigenvalue weighted by Crippen LogP contribution is -2.16. The summed E-state index contributed by atoms with van der Waals surface area (Å²) >= 11 is 0. The molecule has 2 rings (SSSR count). The van der Waals surface area contributed by atoms with E-state index in [-0.39, 0.29) is 17.5 Å². The van der Waals surface area contributed by atoms with Gasteiger partial charge in [0.1, 0.15) is 11.5 Å². The summed E-state index contributed by atoms with van der Waals surface area (Å²) in [5, 5.41) is 18.7.